The lowest BCUT2D eigenvalue weighted by atomic mass is 10.1. The Bertz CT molecular complexity index is 508. The number of nitrogens with zero attached hydrogens (tertiary/aromatic N) is 4. The lowest BCUT2D eigenvalue weighted by Crippen LogP contribution is -2.45. The molecule has 21 heavy (non-hydrogen) atoms. The van der Waals surface area contributed by atoms with Crippen molar-refractivity contribution in [2.75, 3.05) is 26.2 Å². The lowest BCUT2D eigenvalue weighted by molar-refractivity contribution is -0.135. The molecule has 1 fully saturated rings. The largest absolute Gasteiger partial charge is 0.334 e. The molecule has 5 nitrogen and oxygen atoms in total. The highest BCUT2D eigenvalue weighted by molar-refractivity contribution is 5.81. The van der Waals surface area contributed by atoms with E-state index < -0.39 is 0 Å². The van der Waals surface area contributed by atoms with Gasteiger partial charge in [-0.25, -0.2) is 0 Å². The van der Waals surface area contributed by atoms with Gasteiger partial charge in [-0.2, -0.15) is 5.10 Å². The Morgan fingerprint density at radius 3 is 2.76 bits per heavy atom. The Morgan fingerprint density at radius 2 is 2.14 bits per heavy atom. The minimum absolute atomic E-state index is 0.272. The normalized spacial score (nSPS) is 27.8. The summed E-state index contributed by atoms with van der Waals surface area (Å²) in [7, 11) is 0. The summed E-state index contributed by atoms with van der Waals surface area (Å²) < 4.78 is 2.12. The van der Waals surface area contributed by atoms with Crippen LogP contribution in [-0.2, 0) is 11.3 Å². The zero-order chi connectivity index (χ0) is 15.0. The van der Waals surface area contributed by atoms with Crippen molar-refractivity contribution in [3.8, 4) is 0 Å². The predicted octanol–water partition coefficient (Wildman–Crippen LogP) is 1.76. The Hall–Kier alpha value is -1.36. The molecule has 3 rings (SSSR count). The van der Waals surface area contributed by atoms with E-state index in [1.807, 2.05) is 12.3 Å². The van der Waals surface area contributed by atoms with Crippen LogP contribution in [-0.4, -0.2) is 51.7 Å². The molecular formula is C16H26N4O. The second-order valence-electron chi connectivity index (χ2n) is 6.45. The summed E-state index contributed by atoms with van der Waals surface area (Å²) in [5.74, 6) is 1.19. The van der Waals surface area contributed by atoms with Gasteiger partial charge < -0.3 is 9.80 Å². The first-order valence-corrected chi connectivity index (χ1v) is 8.17. The van der Waals surface area contributed by atoms with Crippen molar-refractivity contribution in [2.24, 2.45) is 11.8 Å². The second-order valence-corrected chi connectivity index (χ2v) is 6.45. The maximum absolute atomic E-state index is 12.6. The molecule has 2 heterocycles. The molecule has 0 bridgehead atoms. The number of fused-ring (bicyclic) bond motifs is 1. The number of aromatic nitrogens is 2. The first-order chi connectivity index (χ1) is 10.1. The number of amides is 1. The number of likely N-dealkylation sites (N-methyl/N-ethyl adjacent to an activating group) is 1. The third-order valence-corrected chi connectivity index (χ3v) is 4.98. The third-order valence-electron chi connectivity index (χ3n) is 4.98. The van der Waals surface area contributed by atoms with Gasteiger partial charge in [0.1, 0.15) is 0 Å². The summed E-state index contributed by atoms with van der Waals surface area (Å²) in [5, 5.41) is 4.48. The molecule has 1 amide bonds. The fraction of sp³-hybridized carbons (Fsp3) is 0.750. The molecule has 0 spiro atoms. The monoisotopic (exact) mass is 290 g/mol. The standard InChI is InChI=1S/C16H26N4O/c1-4-18(5-2)9-14-11-19(16(21)15-8-12(15)3)10-13-6-7-17-20(13)14/h6-7,12,14-15H,4-5,8-11H2,1-3H3/t12-,14-,15+/m1/s1. The van der Waals surface area contributed by atoms with E-state index in [0.717, 1.165) is 39.1 Å². The molecule has 1 aromatic rings. The molecule has 2 aliphatic rings. The fourth-order valence-electron chi connectivity index (χ4n) is 3.37. The van der Waals surface area contributed by atoms with Gasteiger partial charge in [0.2, 0.25) is 5.91 Å². The van der Waals surface area contributed by atoms with E-state index in [1.165, 1.54) is 5.69 Å². The van der Waals surface area contributed by atoms with Gasteiger partial charge in [-0.15, -0.1) is 0 Å². The predicted molar refractivity (Wildman–Crippen MR) is 81.7 cm³/mol. The van der Waals surface area contributed by atoms with E-state index >= 15 is 0 Å². The van der Waals surface area contributed by atoms with Gasteiger partial charge in [0.15, 0.2) is 0 Å². The van der Waals surface area contributed by atoms with E-state index in [4.69, 9.17) is 0 Å². The van der Waals surface area contributed by atoms with Crippen molar-refractivity contribution >= 4 is 5.91 Å². The number of carbonyl (C=O) groups excluding carboxylic acids is 1. The molecule has 1 aliphatic heterocycles. The smallest absolute Gasteiger partial charge is 0.226 e. The van der Waals surface area contributed by atoms with Gasteiger partial charge in [-0.3, -0.25) is 9.48 Å². The van der Waals surface area contributed by atoms with Crippen molar-refractivity contribution in [2.45, 2.75) is 39.8 Å². The van der Waals surface area contributed by atoms with Crippen LogP contribution in [0.5, 0.6) is 0 Å². The van der Waals surface area contributed by atoms with E-state index in [2.05, 4.69) is 40.4 Å². The second kappa shape index (κ2) is 5.79. The average molecular weight is 290 g/mol. The molecule has 1 saturated carbocycles. The van der Waals surface area contributed by atoms with Gasteiger partial charge in [-0.05, 0) is 31.5 Å². The SMILES string of the molecule is CCN(CC)C[C@@H]1CN(C(=O)[C@H]2C[C@H]2C)Cc2ccnn21. The zero-order valence-corrected chi connectivity index (χ0v) is 13.3. The van der Waals surface area contributed by atoms with Gasteiger partial charge in [0.25, 0.3) is 0 Å². The van der Waals surface area contributed by atoms with Crippen LogP contribution in [0.25, 0.3) is 0 Å². The van der Waals surface area contributed by atoms with Crippen LogP contribution in [0.15, 0.2) is 12.3 Å². The minimum atomic E-state index is 0.272. The van der Waals surface area contributed by atoms with Crippen molar-refractivity contribution in [3.63, 3.8) is 0 Å². The highest BCUT2D eigenvalue weighted by Gasteiger charge is 2.43. The van der Waals surface area contributed by atoms with E-state index in [1.54, 1.807) is 0 Å². The topological polar surface area (TPSA) is 41.4 Å². The summed E-state index contributed by atoms with van der Waals surface area (Å²) in [4.78, 5) is 17.0. The Morgan fingerprint density at radius 1 is 1.43 bits per heavy atom. The number of hydrogen-bond acceptors (Lipinski definition) is 3. The van der Waals surface area contributed by atoms with Crippen molar-refractivity contribution in [1.82, 2.24) is 19.6 Å². The molecule has 0 N–H and O–H groups in total. The van der Waals surface area contributed by atoms with Crippen LogP contribution in [0, 0.1) is 11.8 Å². The summed E-state index contributed by atoms with van der Waals surface area (Å²) in [6.07, 6.45) is 2.92. The van der Waals surface area contributed by atoms with Crippen LogP contribution in [0.4, 0.5) is 0 Å². The lowest BCUT2D eigenvalue weighted by Gasteiger charge is -2.36. The van der Waals surface area contributed by atoms with E-state index in [-0.39, 0.29) is 12.0 Å². The van der Waals surface area contributed by atoms with E-state index in [9.17, 15) is 4.79 Å². The highest BCUT2D eigenvalue weighted by Crippen LogP contribution is 2.40. The minimum Gasteiger partial charge on any atom is -0.334 e. The molecule has 3 atom stereocenters. The molecule has 5 heteroatoms. The van der Waals surface area contributed by atoms with Crippen LogP contribution in [0.2, 0.25) is 0 Å². The summed E-state index contributed by atoms with van der Waals surface area (Å²) in [6.45, 7) is 11.1. The Labute approximate surface area is 126 Å². The van der Waals surface area contributed by atoms with Crippen LogP contribution >= 0.6 is 0 Å². The van der Waals surface area contributed by atoms with E-state index in [0.29, 0.717) is 11.8 Å². The number of carbonyl (C=O) groups is 1. The average Bonchev–Trinajstić information content (AvgIpc) is 3.02. The molecule has 1 aliphatic carbocycles. The maximum atomic E-state index is 12.6. The summed E-state index contributed by atoms with van der Waals surface area (Å²) >= 11 is 0. The van der Waals surface area contributed by atoms with Gasteiger partial charge >= 0.3 is 0 Å². The zero-order valence-electron chi connectivity index (χ0n) is 13.3. The van der Waals surface area contributed by atoms with Crippen LogP contribution in [0.1, 0.15) is 38.9 Å². The Balaban J connectivity index is 1.75. The molecule has 116 valence electrons. The summed E-state index contributed by atoms with van der Waals surface area (Å²) in [5.41, 5.74) is 1.17. The number of hydrogen-bond donors (Lipinski definition) is 0. The quantitative estimate of drug-likeness (QED) is 0.830. The molecule has 0 saturated heterocycles. The maximum Gasteiger partial charge on any atom is 0.226 e. The molecular weight excluding hydrogens is 264 g/mol. The van der Waals surface area contributed by atoms with Gasteiger partial charge in [0, 0.05) is 25.2 Å². The highest BCUT2D eigenvalue weighted by atomic mass is 16.2. The first kappa shape index (κ1) is 14.6. The summed E-state index contributed by atoms with van der Waals surface area (Å²) in [6, 6.07) is 2.33. The molecule has 0 aromatic carbocycles. The number of rotatable bonds is 5. The van der Waals surface area contributed by atoms with Crippen molar-refractivity contribution in [1.29, 1.82) is 0 Å². The van der Waals surface area contributed by atoms with Gasteiger partial charge in [-0.1, -0.05) is 20.8 Å². The molecule has 0 radical (unpaired) electrons. The Kier molecular flexibility index (Phi) is 4.02. The molecule has 1 aromatic heterocycles. The van der Waals surface area contributed by atoms with Crippen LogP contribution < -0.4 is 0 Å². The fourth-order valence-corrected chi connectivity index (χ4v) is 3.37. The first-order valence-electron chi connectivity index (χ1n) is 8.17. The third kappa shape index (κ3) is 2.84. The van der Waals surface area contributed by atoms with Crippen LogP contribution in [0.3, 0.4) is 0 Å². The van der Waals surface area contributed by atoms with Crippen molar-refractivity contribution in [3.05, 3.63) is 18.0 Å². The van der Waals surface area contributed by atoms with Crippen molar-refractivity contribution < 1.29 is 4.79 Å². The molecule has 0 unspecified atom stereocenters. The van der Waals surface area contributed by atoms with Gasteiger partial charge in [0.05, 0.1) is 18.3 Å².